The number of halogens is 1. The molecule has 110 valence electrons. The SMILES string of the molecule is CCCN1CCC(NC(=O)c2cc(O)ccc2Cl)CC1. The third kappa shape index (κ3) is 3.87. The summed E-state index contributed by atoms with van der Waals surface area (Å²) >= 11 is 5.99. The van der Waals surface area contributed by atoms with Gasteiger partial charge in [-0.15, -0.1) is 0 Å². The van der Waals surface area contributed by atoms with Crippen molar-refractivity contribution in [3.63, 3.8) is 0 Å². The molecular formula is C15H21ClN2O2. The van der Waals surface area contributed by atoms with Crippen LogP contribution in [-0.4, -0.2) is 41.6 Å². The van der Waals surface area contributed by atoms with Crippen molar-refractivity contribution < 1.29 is 9.90 Å². The van der Waals surface area contributed by atoms with Crippen molar-refractivity contribution in [1.82, 2.24) is 10.2 Å². The Hall–Kier alpha value is -1.26. The number of piperidine rings is 1. The highest BCUT2D eigenvalue weighted by atomic mass is 35.5. The maximum Gasteiger partial charge on any atom is 0.253 e. The van der Waals surface area contributed by atoms with Crippen molar-refractivity contribution in [2.24, 2.45) is 0 Å². The van der Waals surface area contributed by atoms with Gasteiger partial charge in [0.15, 0.2) is 0 Å². The first-order valence-electron chi connectivity index (χ1n) is 7.12. The number of nitrogens with zero attached hydrogens (tertiary/aromatic N) is 1. The first-order chi connectivity index (χ1) is 9.60. The van der Waals surface area contributed by atoms with E-state index in [2.05, 4.69) is 17.1 Å². The molecule has 1 fully saturated rings. The van der Waals surface area contributed by atoms with Crippen LogP contribution in [-0.2, 0) is 0 Å². The number of nitrogens with one attached hydrogen (secondary N) is 1. The second-order valence-corrected chi connectivity index (χ2v) is 5.66. The molecular weight excluding hydrogens is 276 g/mol. The number of hydrogen-bond donors (Lipinski definition) is 2. The van der Waals surface area contributed by atoms with Crippen LogP contribution >= 0.6 is 11.6 Å². The van der Waals surface area contributed by atoms with Crippen LogP contribution in [0.3, 0.4) is 0 Å². The minimum atomic E-state index is -0.208. The maximum atomic E-state index is 12.2. The van der Waals surface area contributed by atoms with Gasteiger partial charge in [0.2, 0.25) is 0 Å². The molecule has 20 heavy (non-hydrogen) atoms. The van der Waals surface area contributed by atoms with Gasteiger partial charge in [0.05, 0.1) is 10.6 Å². The fourth-order valence-electron chi connectivity index (χ4n) is 2.57. The Morgan fingerprint density at radius 2 is 2.15 bits per heavy atom. The molecule has 4 nitrogen and oxygen atoms in total. The molecule has 1 heterocycles. The molecule has 1 aliphatic rings. The van der Waals surface area contributed by atoms with Crippen molar-refractivity contribution in [2.45, 2.75) is 32.2 Å². The average Bonchev–Trinajstić information content (AvgIpc) is 2.44. The number of phenolic OH excluding ortho intramolecular Hbond substituents is 1. The summed E-state index contributed by atoms with van der Waals surface area (Å²) in [5.74, 6) is -0.155. The second kappa shape index (κ2) is 6.95. The number of phenols is 1. The van der Waals surface area contributed by atoms with E-state index in [1.807, 2.05) is 0 Å². The number of likely N-dealkylation sites (tertiary alicyclic amines) is 1. The zero-order valence-corrected chi connectivity index (χ0v) is 12.5. The molecule has 1 aromatic carbocycles. The van der Waals surface area contributed by atoms with E-state index >= 15 is 0 Å². The molecule has 1 amide bonds. The van der Waals surface area contributed by atoms with Crippen LogP contribution in [0.2, 0.25) is 5.02 Å². The van der Waals surface area contributed by atoms with Gasteiger partial charge in [-0.25, -0.2) is 0 Å². The lowest BCUT2D eigenvalue weighted by atomic mass is 10.0. The third-order valence-corrected chi connectivity index (χ3v) is 3.99. The third-order valence-electron chi connectivity index (χ3n) is 3.66. The van der Waals surface area contributed by atoms with Crippen molar-refractivity contribution in [3.05, 3.63) is 28.8 Å². The van der Waals surface area contributed by atoms with Crippen molar-refractivity contribution >= 4 is 17.5 Å². The lowest BCUT2D eigenvalue weighted by Crippen LogP contribution is -2.44. The molecule has 0 spiro atoms. The van der Waals surface area contributed by atoms with Gasteiger partial charge in [-0.1, -0.05) is 18.5 Å². The van der Waals surface area contributed by atoms with Crippen molar-refractivity contribution in [2.75, 3.05) is 19.6 Å². The molecule has 0 bridgehead atoms. The topological polar surface area (TPSA) is 52.6 Å². The molecule has 1 saturated heterocycles. The minimum absolute atomic E-state index is 0.0531. The van der Waals surface area contributed by atoms with Gasteiger partial charge in [-0.2, -0.15) is 0 Å². The van der Waals surface area contributed by atoms with Crippen LogP contribution in [0.25, 0.3) is 0 Å². The molecule has 5 heteroatoms. The Kier molecular flexibility index (Phi) is 5.26. The summed E-state index contributed by atoms with van der Waals surface area (Å²) in [6.45, 7) is 5.34. The lowest BCUT2D eigenvalue weighted by molar-refractivity contribution is 0.0911. The molecule has 1 aliphatic heterocycles. The number of amides is 1. The van der Waals surface area contributed by atoms with Crippen LogP contribution in [0, 0.1) is 0 Å². The van der Waals surface area contributed by atoms with E-state index in [9.17, 15) is 9.90 Å². The highest BCUT2D eigenvalue weighted by molar-refractivity contribution is 6.33. The largest absolute Gasteiger partial charge is 0.508 e. The second-order valence-electron chi connectivity index (χ2n) is 5.25. The monoisotopic (exact) mass is 296 g/mol. The van der Waals surface area contributed by atoms with E-state index in [4.69, 9.17) is 11.6 Å². The molecule has 0 unspecified atom stereocenters. The summed E-state index contributed by atoms with van der Waals surface area (Å²) in [5.41, 5.74) is 0.336. The summed E-state index contributed by atoms with van der Waals surface area (Å²) < 4.78 is 0. The molecule has 0 aromatic heterocycles. The summed E-state index contributed by atoms with van der Waals surface area (Å²) in [4.78, 5) is 14.6. The molecule has 2 rings (SSSR count). The van der Waals surface area contributed by atoms with E-state index in [-0.39, 0.29) is 17.7 Å². The smallest absolute Gasteiger partial charge is 0.253 e. The number of carbonyl (C=O) groups excluding carboxylic acids is 1. The van der Waals surface area contributed by atoms with Gasteiger partial charge in [-0.05, 0) is 44.0 Å². The standard InChI is InChI=1S/C15H21ClN2O2/c1-2-7-18-8-5-11(6-9-18)17-15(20)13-10-12(19)3-4-14(13)16/h3-4,10-11,19H,2,5-9H2,1H3,(H,17,20). The molecule has 0 saturated carbocycles. The minimum Gasteiger partial charge on any atom is -0.508 e. The summed E-state index contributed by atoms with van der Waals surface area (Å²) in [5, 5.41) is 12.8. The summed E-state index contributed by atoms with van der Waals surface area (Å²) in [6.07, 6.45) is 3.08. The van der Waals surface area contributed by atoms with E-state index in [1.165, 1.54) is 18.2 Å². The molecule has 0 radical (unpaired) electrons. The highest BCUT2D eigenvalue weighted by Gasteiger charge is 2.21. The summed E-state index contributed by atoms with van der Waals surface area (Å²) in [6, 6.07) is 4.61. The fourth-order valence-corrected chi connectivity index (χ4v) is 2.77. The first-order valence-corrected chi connectivity index (χ1v) is 7.49. The zero-order valence-electron chi connectivity index (χ0n) is 11.7. The van der Waals surface area contributed by atoms with Gasteiger partial charge >= 0.3 is 0 Å². The lowest BCUT2D eigenvalue weighted by Gasteiger charge is -2.32. The van der Waals surface area contributed by atoms with Gasteiger partial charge in [-0.3, -0.25) is 4.79 Å². The Balaban J connectivity index is 1.91. The maximum absolute atomic E-state index is 12.2. The molecule has 2 N–H and O–H groups in total. The zero-order chi connectivity index (χ0) is 14.5. The Morgan fingerprint density at radius 1 is 1.45 bits per heavy atom. The van der Waals surface area contributed by atoms with Crippen molar-refractivity contribution in [3.8, 4) is 5.75 Å². The van der Waals surface area contributed by atoms with E-state index in [0.29, 0.717) is 10.6 Å². The number of hydrogen-bond acceptors (Lipinski definition) is 3. The van der Waals surface area contributed by atoms with Crippen LogP contribution in [0.1, 0.15) is 36.5 Å². The van der Waals surface area contributed by atoms with Crippen LogP contribution < -0.4 is 5.32 Å². The van der Waals surface area contributed by atoms with Crippen LogP contribution in [0.4, 0.5) is 0 Å². The molecule has 0 aliphatic carbocycles. The van der Waals surface area contributed by atoms with Crippen LogP contribution in [0.5, 0.6) is 5.75 Å². The highest BCUT2D eigenvalue weighted by Crippen LogP contribution is 2.21. The van der Waals surface area contributed by atoms with E-state index in [1.54, 1.807) is 0 Å². The quantitative estimate of drug-likeness (QED) is 0.898. The fraction of sp³-hybridized carbons (Fsp3) is 0.533. The number of aromatic hydroxyl groups is 1. The van der Waals surface area contributed by atoms with Crippen LogP contribution in [0.15, 0.2) is 18.2 Å². The summed E-state index contributed by atoms with van der Waals surface area (Å²) in [7, 11) is 0. The number of carbonyl (C=O) groups is 1. The predicted molar refractivity (Wildman–Crippen MR) is 80.3 cm³/mol. The predicted octanol–water partition coefficient (Wildman–Crippen LogP) is 2.65. The molecule has 1 aromatic rings. The van der Waals surface area contributed by atoms with Crippen molar-refractivity contribution in [1.29, 1.82) is 0 Å². The van der Waals surface area contributed by atoms with Gasteiger partial charge in [0, 0.05) is 19.1 Å². The Labute approximate surface area is 124 Å². The Morgan fingerprint density at radius 3 is 2.80 bits per heavy atom. The van der Waals surface area contributed by atoms with Gasteiger partial charge < -0.3 is 15.3 Å². The van der Waals surface area contributed by atoms with Gasteiger partial charge in [0.25, 0.3) is 5.91 Å². The average molecular weight is 297 g/mol. The number of rotatable bonds is 4. The molecule has 0 atom stereocenters. The normalized spacial score (nSPS) is 17.1. The number of benzene rings is 1. The Bertz CT molecular complexity index is 471. The van der Waals surface area contributed by atoms with Gasteiger partial charge in [0.1, 0.15) is 5.75 Å². The van der Waals surface area contributed by atoms with E-state index in [0.717, 1.165) is 38.9 Å². The first kappa shape index (κ1) is 15.1. The van der Waals surface area contributed by atoms with E-state index < -0.39 is 0 Å².